The minimum Gasteiger partial charge on any atom is -0.480 e. The number of allylic oxidation sites excluding steroid dienone is 2. The van der Waals surface area contributed by atoms with Crippen LogP contribution >= 0.6 is 0 Å². The van der Waals surface area contributed by atoms with Gasteiger partial charge in [-0.2, -0.15) is 0 Å². The van der Waals surface area contributed by atoms with Gasteiger partial charge < -0.3 is 15.3 Å². The lowest BCUT2D eigenvalue weighted by molar-refractivity contribution is -0.144. The van der Waals surface area contributed by atoms with Crippen molar-refractivity contribution in [1.82, 2.24) is 20.2 Å². The number of aliphatic carboxylic acids is 1. The molecule has 2 N–H and O–H groups in total. The van der Waals surface area contributed by atoms with Crippen molar-refractivity contribution in [3.8, 4) is 11.4 Å². The highest BCUT2D eigenvalue weighted by Gasteiger charge is 2.29. The maximum absolute atomic E-state index is 13.2. The number of amides is 2. The standard InChI is InChI=1S/C43H51N5O6S/c1-3-7-30-12-16-32(17-13-30)33-20-22-34(23-21-33)37-24-45-43(46-25-37)36-18-14-31(15-19-36)27-47(29-42(51)52)41(50)26-44-40(49)28-48(55(2,53)54)39-11-6-9-35-8-4-5-10-38(35)39/h4-6,8-11,14-15,18-19,22,24-25,30,32-33H,3,7,12-13,16-17,20-21,23,26-29H2,1-2H3,(H,44,49)(H,51,52)/t30-,32-,33?. The van der Waals surface area contributed by atoms with Crippen LogP contribution in [0.2, 0.25) is 0 Å². The molecule has 0 aliphatic heterocycles. The highest BCUT2D eigenvalue weighted by Crippen LogP contribution is 2.42. The monoisotopic (exact) mass is 765 g/mol. The number of hydrogen-bond acceptors (Lipinski definition) is 7. The molecule has 3 aromatic carbocycles. The lowest BCUT2D eigenvalue weighted by atomic mass is 9.70. The van der Waals surface area contributed by atoms with E-state index in [0.717, 1.165) is 62.6 Å². The van der Waals surface area contributed by atoms with Crippen molar-refractivity contribution in [3.05, 3.63) is 96.3 Å². The molecule has 0 bridgehead atoms. The Balaban J connectivity index is 1.03. The molecule has 0 spiro atoms. The molecule has 290 valence electrons. The first kappa shape index (κ1) is 39.6. The third-order valence-corrected chi connectivity index (χ3v) is 12.3. The Morgan fingerprint density at radius 1 is 0.855 bits per heavy atom. The van der Waals surface area contributed by atoms with Gasteiger partial charge in [0, 0.05) is 35.5 Å². The minimum absolute atomic E-state index is 0.0120. The molecule has 1 saturated carbocycles. The maximum Gasteiger partial charge on any atom is 0.323 e. The van der Waals surface area contributed by atoms with Gasteiger partial charge in [0.1, 0.15) is 13.1 Å². The van der Waals surface area contributed by atoms with Gasteiger partial charge in [0.2, 0.25) is 21.8 Å². The number of rotatable bonds is 15. The van der Waals surface area contributed by atoms with Crippen molar-refractivity contribution < 1.29 is 27.9 Å². The second-order valence-electron chi connectivity index (χ2n) is 15.0. The van der Waals surface area contributed by atoms with Crippen LogP contribution in [0.5, 0.6) is 0 Å². The van der Waals surface area contributed by atoms with Crippen LogP contribution in [-0.4, -0.2) is 72.1 Å². The maximum atomic E-state index is 13.2. The van der Waals surface area contributed by atoms with Crippen molar-refractivity contribution in [2.45, 2.75) is 71.3 Å². The number of hydrogen-bond donors (Lipinski definition) is 2. The summed E-state index contributed by atoms with van der Waals surface area (Å²) in [7, 11) is -3.87. The van der Waals surface area contributed by atoms with Gasteiger partial charge in [-0.05, 0) is 72.4 Å². The Bertz CT molecular complexity index is 2110. The van der Waals surface area contributed by atoms with E-state index < -0.39 is 47.4 Å². The molecule has 1 aromatic heterocycles. The highest BCUT2D eigenvalue weighted by molar-refractivity contribution is 7.92. The molecule has 0 radical (unpaired) electrons. The van der Waals surface area contributed by atoms with E-state index in [1.54, 1.807) is 36.4 Å². The molecule has 6 rings (SSSR count). The normalized spacial score (nSPS) is 18.7. The van der Waals surface area contributed by atoms with Gasteiger partial charge in [0.25, 0.3) is 0 Å². The Morgan fingerprint density at radius 3 is 2.22 bits per heavy atom. The summed E-state index contributed by atoms with van der Waals surface area (Å²) in [4.78, 5) is 48.3. The Labute approximate surface area is 323 Å². The largest absolute Gasteiger partial charge is 0.480 e. The molecule has 2 aliphatic carbocycles. The average molecular weight is 766 g/mol. The van der Waals surface area contributed by atoms with E-state index in [2.05, 4.69) is 28.3 Å². The number of nitrogens with zero attached hydrogens (tertiary/aromatic N) is 4. The van der Waals surface area contributed by atoms with Crippen LogP contribution in [0.15, 0.2) is 85.2 Å². The number of carboxylic acid groups (broad SMARTS) is 1. The smallest absolute Gasteiger partial charge is 0.323 e. The number of carboxylic acids is 1. The molecule has 1 unspecified atom stereocenters. The number of sulfonamides is 1. The Kier molecular flexibility index (Phi) is 13.0. The van der Waals surface area contributed by atoms with E-state index in [4.69, 9.17) is 0 Å². The fourth-order valence-corrected chi connectivity index (χ4v) is 9.07. The van der Waals surface area contributed by atoms with Crippen molar-refractivity contribution >= 4 is 49.8 Å². The van der Waals surface area contributed by atoms with Crippen LogP contribution in [0.1, 0.15) is 75.8 Å². The molecule has 4 aromatic rings. The molecular formula is C43H51N5O6S. The van der Waals surface area contributed by atoms with E-state index in [9.17, 15) is 27.9 Å². The number of carbonyl (C=O) groups is 3. The predicted molar refractivity (Wildman–Crippen MR) is 215 cm³/mol. The van der Waals surface area contributed by atoms with Crippen molar-refractivity contribution in [1.29, 1.82) is 0 Å². The molecule has 1 atom stereocenters. The fourth-order valence-electron chi connectivity index (χ4n) is 8.20. The summed E-state index contributed by atoms with van der Waals surface area (Å²) in [6, 6.07) is 19.7. The first-order valence-electron chi connectivity index (χ1n) is 19.3. The zero-order valence-electron chi connectivity index (χ0n) is 31.7. The topological polar surface area (TPSA) is 150 Å². The van der Waals surface area contributed by atoms with E-state index in [1.807, 2.05) is 42.7 Å². The summed E-state index contributed by atoms with van der Waals surface area (Å²) < 4.78 is 26.5. The number of nitrogens with one attached hydrogen (secondary N) is 1. The molecule has 55 heavy (non-hydrogen) atoms. The number of benzene rings is 3. The van der Waals surface area contributed by atoms with Gasteiger partial charge in [0.15, 0.2) is 5.82 Å². The van der Waals surface area contributed by atoms with Crippen molar-refractivity contribution in [2.24, 2.45) is 17.8 Å². The third-order valence-electron chi connectivity index (χ3n) is 11.2. The van der Waals surface area contributed by atoms with Gasteiger partial charge in [-0.1, -0.05) is 99.3 Å². The molecule has 12 heteroatoms. The van der Waals surface area contributed by atoms with E-state index in [1.165, 1.54) is 50.5 Å². The summed E-state index contributed by atoms with van der Waals surface area (Å²) in [6.45, 7) is 0.642. The van der Waals surface area contributed by atoms with Crippen LogP contribution in [0, 0.1) is 17.8 Å². The molecule has 0 saturated heterocycles. The molecular weight excluding hydrogens is 715 g/mol. The highest BCUT2D eigenvalue weighted by atomic mass is 32.2. The number of aromatic nitrogens is 2. The first-order chi connectivity index (χ1) is 26.5. The zero-order valence-corrected chi connectivity index (χ0v) is 32.5. The second kappa shape index (κ2) is 18.0. The molecule has 2 amide bonds. The first-order valence-corrected chi connectivity index (χ1v) is 21.2. The van der Waals surface area contributed by atoms with Gasteiger partial charge in [-0.15, -0.1) is 0 Å². The van der Waals surface area contributed by atoms with E-state index in [-0.39, 0.29) is 6.54 Å². The summed E-state index contributed by atoms with van der Waals surface area (Å²) in [5.41, 5.74) is 4.18. The lowest BCUT2D eigenvalue weighted by Gasteiger charge is -2.35. The van der Waals surface area contributed by atoms with Gasteiger partial charge in [0.05, 0.1) is 18.5 Å². The van der Waals surface area contributed by atoms with E-state index >= 15 is 0 Å². The van der Waals surface area contributed by atoms with Gasteiger partial charge in [-0.3, -0.25) is 18.7 Å². The Hall–Kier alpha value is -5.10. The summed E-state index contributed by atoms with van der Waals surface area (Å²) >= 11 is 0. The third kappa shape index (κ3) is 10.4. The van der Waals surface area contributed by atoms with Crippen LogP contribution in [-0.2, 0) is 31.0 Å². The van der Waals surface area contributed by atoms with Crippen molar-refractivity contribution in [2.75, 3.05) is 30.2 Å². The average Bonchev–Trinajstić information content (AvgIpc) is 3.19. The summed E-state index contributed by atoms with van der Waals surface area (Å²) in [6.07, 6.45) is 18.8. The number of carbonyl (C=O) groups excluding carboxylic acids is 2. The van der Waals surface area contributed by atoms with Gasteiger partial charge >= 0.3 is 5.97 Å². The minimum atomic E-state index is -3.87. The molecule has 1 heterocycles. The van der Waals surface area contributed by atoms with E-state index in [0.29, 0.717) is 22.5 Å². The second-order valence-corrected chi connectivity index (χ2v) is 16.9. The van der Waals surface area contributed by atoms with Crippen LogP contribution in [0.4, 0.5) is 5.69 Å². The summed E-state index contributed by atoms with van der Waals surface area (Å²) in [5.74, 6) is 0.601. The quantitative estimate of drug-likeness (QED) is 0.130. The van der Waals surface area contributed by atoms with Crippen LogP contribution in [0.3, 0.4) is 0 Å². The molecule has 1 fully saturated rings. The SMILES string of the molecule is CCC[C@H]1CC[C@H](C2CC=C(c3cnc(-c4ccc(CN(CC(=O)O)C(=O)CNC(=O)CN(c5cccc6ccccc56)S(C)(=O)=O)cc4)nc3)CC2)CC1. The summed E-state index contributed by atoms with van der Waals surface area (Å²) in [5, 5.41) is 13.5. The number of anilines is 1. The fraction of sp³-hybridized carbons (Fsp3) is 0.419. The van der Waals surface area contributed by atoms with Gasteiger partial charge in [-0.25, -0.2) is 18.4 Å². The van der Waals surface area contributed by atoms with Crippen LogP contribution in [0.25, 0.3) is 27.7 Å². The predicted octanol–water partition coefficient (Wildman–Crippen LogP) is 7.08. The lowest BCUT2D eigenvalue weighted by Crippen LogP contribution is -2.45. The molecule has 11 nitrogen and oxygen atoms in total. The Morgan fingerprint density at radius 2 is 1.56 bits per heavy atom. The van der Waals surface area contributed by atoms with Crippen molar-refractivity contribution in [3.63, 3.8) is 0 Å². The van der Waals surface area contributed by atoms with Crippen LogP contribution < -0.4 is 9.62 Å². The molecule has 2 aliphatic rings. The zero-order chi connectivity index (χ0) is 39.0. The number of fused-ring (bicyclic) bond motifs is 1.